The Hall–Kier alpha value is -0.300. The van der Waals surface area contributed by atoms with E-state index >= 15 is 0 Å². The summed E-state index contributed by atoms with van der Waals surface area (Å²) in [6.07, 6.45) is 17.3. The van der Waals surface area contributed by atoms with Crippen LogP contribution in [-0.2, 0) is 0 Å². The fourth-order valence-corrected chi connectivity index (χ4v) is 1.72. The van der Waals surface area contributed by atoms with E-state index in [1.807, 2.05) is 0 Å². The number of allylic oxidation sites excluding steroid dienone is 2. The van der Waals surface area contributed by atoms with Crippen molar-refractivity contribution in [3.63, 3.8) is 0 Å². The van der Waals surface area contributed by atoms with Crippen molar-refractivity contribution in [1.82, 2.24) is 0 Å². The number of hydrogen-bond acceptors (Lipinski definition) is 1. The predicted octanol–water partition coefficient (Wildman–Crippen LogP) is 4.46. The zero-order valence-corrected chi connectivity index (χ0v) is 10.4. The van der Waals surface area contributed by atoms with Gasteiger partial charge < -0.3 is 5.11 Å². The molecule has 0 amide bonds. The number of hydrogen-bond donors (Lipinski definition) is 1. The lowest BCUT2D eigenvalue weighted by Gasteiger charge is -2.00. The van der Waals surface area contributed by atoms with Gasteiger partial charge >= 0.3 is 0 Å². The molecule has 1 heteroatoms. The zero-order valence-electron chi connectivity index (χ0n) is 10.4. The maximum Gasteiger partial charge on any atom is 0.0431 e. The van der Waals surface area contributed by atoms with Crippen LogP contribution in [0.5, 0.6) is 0 Å². The molecule has 0 saturated heterocycles. The molecule has 0 heterocycles. The second-order valence-electron chi connectivity index (χ2n) is 4.22. The number of rotatable bonds is 11. The molecular weight excluding hydrogens is 184 g/mol. The molecule has 90 valence electrons. The van der Waals surface area contributed by atoms with E-state index in [9.17, 15) is 0 Å². The Balaban J connectivity index is 2.89. The lowest BCUT2D eigenvalue weighted by atomic mass is 10.1. The van der Waals surface area contributed by atoms with E-state index in [0.717, 1.165) is 6.42 Å². The van der Waals surface area contributed by atoms with Gasteiger partial charge in [-0.1, -0.05) is 57.6 Å². The highest BCUT2D eigenvalue weighted by Gasteiger charge is 1.91. The molecule has 1 N–H and O–H groups in total. The molecule has 0 aliphatic carbocycles. The molecule has 0 spiro atoms. The van der Waals surface area contributed by atoms with Gasteiger partial charge in [-0.05, 0) is 25.7 Å². The van der Waals surface area contributed by atoms with Gasteiger partial charge in [-0.25, -0.2) is 0 Å². The minimum absolute atomic E-state index is 0.365. The van der Waals surface area contributed by atoms with E-state index < -0.39 is 0 Å². The summed E-state index contributed by atoms with van der Waals surface area (Å²) in [4.78, 5) is 0. The summed E-state index contributed by atoms with van der Waals surface area (Å²) in [5.74, 6) is 0. The fourth-order valence-electron chi connectivity index (χ4n) is 1.72. The molecule has 0 aromatic heterocycles. The Bertz CT molecular complexity index is 129. The first-order valence-electron chi connectivity index (χ1n) is 6.67. The first-order chi connectivity index (χ1) is 7.41. The highest BCUT2D eigenvalue weighted by Crippen LogP contribution is 2.09. The van der Waals surface area contributed by atoms with E-state index in [1.54, 1.807) is 0 Å². The van der Waals surface area contributed by atoms with Crippen molar-refractivity contribution in [3.05, 3.63) is 12.2 Å². The van der Waals surface area contributed by atoms with Gasteiger partial charge in [0.15, 0.2) is 0 Å². The van der Waals surface area contributed by atoms with Crippen molar-refractivity contribution in [1.29, 1.82) is 0 Å². The summed E-state index contributed by atoms with van der Waals surface area (Å²) in [6.45, 7) is 2.55. The van der Waals surface area contributed by atoms with Gasteiger partial charge in [0.25, 0.3) is 0 Å². The van der Waals surface area contributed by atoms with E-state index in [0.29, 0.717) is 6.61 Å². The molecule has 15 heavy (non-hydrogen) atoms. The standard InChI is InChI=1S/C14H28O/c1-2-3-4-5-6-7-8-9-10-11-12-13-14-15/h3-4,15H,2,5-14H2,1H3. The van der Waals surface area contributed by atoms with Crippen molar-refractivity contribution in [2.45, 2.75) is 71.1 Å². The number of aliphatic hydroxyl groups excluding tert-OH is 1. The predicted molar refractivity (Wildman–Crippen MR) is 68.1 cm³/mol. The van der Waals surface area contributed by atoms with Crippen LogP contribution in [0.4, 0.5) is 0 Å². The van der Waals surface area contributed by atoms with Gasteiger partial charge in [0.05, 0.1) is 0 Å². The SMILES string of the molecule is CCC=CCCCCCCCCCCO. The lowest BCUT2D eigenvalue weighted by Crippen LogP contribution is -1.84. The largest absolute Gasteiger partial charge is 0.396 e. The van der Waals surface area contributed by atoms with Crippen LogP contribution in [0.1, 0.15) is 71.1 Å². The second kappa shape index (κ2) is 13.7. The van der Waals surface area contributed by atoms with Crippen LogP contribution in [0.25, 0.3) is 0 Å². The Morgan fingerprint density at radius 3 is 1.80 bits per heavy atom. The van der Waals surface area contributed by atoms with E-state index in [4.69, 9.17) is 5.11 Å². The average Bonchev–Trinajstić information content (AvgIpc) is 2.26. The summed E-state index contributed by atoms with van der Waals surface area (Å²) in [6, 6.07) is 0. The molecule has 0 radical (unpaired) electrons. The van der Waals surface area contributed by atoms with Gasteiger partial charge in [-0.15, -0.1) is 0 Å². The van der Waals surface area contributed by atoms with Crippen molar-refractivity contribution in [2.75, 3.05) is 6.61 Å². The topological polar surface area (TPSA) is 20.2 Å². The molecule has 0 atom stereocenters. The molecular formula is C14H28O. The first kappa shape index (κ1) is 14.7. The van der Waals surface area contributed by atoms with E-state index in [-0.39, 0.29) is 0 Å². The summed E-state index contributed by atoms with van der Waals surface area (Å²) >= 11 is 0. The highest BCUT2D eigenvalue weighted by atomic mass is 16.2. The first-order valence-corrected chi connectivity index (χ1v) is 6.67. The van der Waals surface area contributed by atoms with Gasteiger partial charge in [-0.2, -0.15) is 0 Å². The third kappa shape index (κ3) is 13.7. The van der Waals surface area contributed by atoms with Crippen LogP contribution in [0, 0.1) is 0 Å². The number of unbranched alkanes of at least 4 members (excludes halogenated alkanes) is 8. The lowest BCUT2D eigenvalue weighted by molar-refractivity contribution is 0.282. The molecule has 0 aliphatic heterocycles. The van der Waals surface area contributed by atoms with Crippen molar-refractivity contribution in [3.8, 4) is 0 Å². The fraction of sp³-hybridized carbons (Fsp3) is 0.857. The molecule has 0 unspecified atom stereocenters. The van der Waals surface area contributed by atoms with Gasteiger partial charge in [-0.3, -0.25) is 0 Å². The van der Waals surface area contributed by atoms with Crippen LogP contribution in [-0.4, -0.2) is 11.7 Å². The Labute approximate surface area is 95.6 Å². The quantitative estimate of drug-likeness (QED) is 0.396. The maximum absolute atomic E-state index is 8.60. The van der Waals surface area contributed by atoms with Crippen molar-refractivity contribution < 1.29 is 5.11 Å². The van der Waals surface area contributed by atoms with Gasteiger partial charge in [0.1, 0.15) is 0 Å². The third-order valence-corrected chi connectivity index (χ3v) is 2.68. The minimum Gasteiger partial charge on any atom is -0.396 e. The van der Waals surface area contributed by atoms with Crippen LogP contribution < -0.4 is 0 Å². The van der Waals surface area contributed by atoms with Crippen molar-refractivity contribution >= 4 is 0 Å². The van der Waals surface area contributed by atoms with Gasteiger partial charge in [0, 0.05) is 6.61 Å². The minimum atomic E-state index is 0.365. The third-order valence-electron chi connectivity index (χ3n) is 2.68. The monoisotopic (exact) mass is 212 g/mol. The summed E-state index contributed by atoms with van der Waals surface area (Å²) in [7, 11) is 0. The average molecular weight is 212 g/mol. The number of aliphatic hydroxyl groups is 1. The molecule has 0 aliphatic rings. The molecule has 0 aromatic carbocycles. The van der Waals surface area contributed by atoms with Crippen LogP contribution in [0.15, 0.2) is 12.2 Å². The summed E-state index contributed by atoms with van der Waals surface area (Å²) in [5, 5.41) is 8.60. The summed E-state index contributed by atoms with van der Waals surface area (Å²) in [5.41, 5.74) is 0. The molecule has 0 rings (SSSR count). The molecule has 0 fully saturated rings. The Morgan fingerprint density at radius 1 is 0.733 bits per heavy atom. The maximum atomic E-state index is 8.60. The zero-order chi connectivity index (χ0) is 11.2. The molecule has 0 bridgehead atoms. The molecule has 0 aromatic rings. The molecule has 1 nitrogen and oxygen atoms in total. The molecule has 0 saturated carbocycles. The van der Waals surface area contributed by atoms with E-state index in [1.165, 1.54) is 57.8 Å². The van der Waals surface area contributed by atoms with Gasteiger partial charge in [0.2, 0.25) is 0 Å². The normalized spacial score (nSPS) is 11.3. The smallest absolute Gasteiger partial charge is 0.0431 e. The Kier molecular flexibility index (Phi) is 13.4. The summed E-state index contributed by atoms with van der Waals surface area (Å²) < 4.78 is 0. The van der Waals surface area contributed by atoms with Crippen LogP contribution in [0.3, 0.4) is 0 Å². The van der Waals surface area contributed by atoms with Crippen molar-refractivity contribution in [2.24, 2.45) is 0 Å². The highest BCUT2D eigenvalue weighted by molar-refractivity contribution is 4.79. The van der Waals surface area contributed by atoms with E-state index in [2.05, 4.69) is 19.1 Å². The van der Waals surface area contributed by atoms with Crippen LogP contribution in [0.2, 0.25) is 0 Å². The van der Waals surface area contributed by atoms with Crippen LogP contribution >= 0.6 is 0 Å². The Morgan fingerprint density at radius 2 is 1.27 bits per heavy atom. The second-order valence-corrected chi connectivity index (χ2v) is 4.22.